The first-order valence-corrected chi connectivity index (χ1v) is 7.39. The molecule has 0 amide bonds. The first kappa shape index (κ1) is 12.2. The Labute approximate surface area is 108 Å². The smallest absolute Gasteiger partial charge is 0.264 e. The summed E-state index contributed by atoms with van der Waals surface area (Å²) < 4.78 is 26.5. The molecule has 0 saturated heterocycles. The van der Waals surface area contributed by atoms with Crippen LogP contribution in [0.3, 0.4) is 0 Å². The number of thiophene rings is 1. The van der Waals surface area contributed by atoms with Crippen LogP contribution in [0.1, 0.15) is 0 Å². The van der Waals surface area contributed by atoms with Gasteiger partial charge in [-0.3, -0.25) is 4.72 Å². The Kier molecular flexibility index (Phi) is 3.28. The Bertz CT molecular complexity index is 624. The molecule has 17 heavy (non-hydrogen) atoms. The van der Waals surface area contributed by atoms with E-state index < -0.39 is 10.0 Å². The van der Waals surface area contributed by atoms with Crippen LogP contribution in [0.4, 0.5) is 11.4 Å². The van der Waals surface area contributed by atoms with Crippen LogP contribution in [0.5, 0.6) is 0 Å². The van der Waals surface area contributed by atoms with Crippen LogP contribution >= 0.6 is 22.9 Å². The van der Waals surface area contributed by atoms with Crippen molar-refractivity contribution >= 4 is 44.3 Å². The fourth-order valence-electron chi connectivity index (χ4n) is 1.27. The van der Waals surface area contributed by atoms with Crippen LogP contribution in [0.2, 0.25) is 5.02 Å². The normalized spacial score (nSPS) is 11.4. The molecular weight excluding hydrogens is 280 g/mol. The Morgan fingerprint density at radius 3 is 2.71 bits per heavy atom. The molecule has 4 nitrogen and oxygen atoms in total. The molecule has 0 radical (unpaired) electrons. The highest BCUT2D eigenvalue weighted by molar-refractivity contribution is 7.92. The van der Waals surface area contributed by atoms with Crippen molar-refractivity contribution in [3.8, 4) is 0 Å². The van der Waals surface area contributed by atoms with Crippen LogP contribution in [0.25, 0.3) is 0 Å². The third-order valence-electron chi connectivity index (χ3n) is 2.04. The highest BCUT2D eigenvalue weighted by Gasteiger charge is 2.18. The third kappa shape index (κ3) is 2.71. The summed E-state index contributed by atoms with van der Waals surface area (Å²) >= 11 is 7.16. The second-order valence-corrected chi connectivity index (χ2v) is 6.17. The van der Waals surface area contributed by atoms with Gasteiger partial charge in [0.05, 0.1) is 11.4 Å². The van der Waals surface area contributed by atoms with Gasteiger partial charge in [-0.15, -0.1) is 0 Å². The van der Waals surface area contributed by atoms with E-state index in [-0.39, 0.29) is 10.6 Å². The maximum atomic E-state index is 12.0. The van der Waals surface area contributed by atoms with Crippen molar-refractivity contribution in [2.24, 2.45) is 0 Å². The van der Waals surface area contributed by atoms with E-state index in [4.69, 9.17) is 17.3 Å². The number of nitrogens with two attached hydrogens (primary N) is 1. The van der Waals surface area contributed by atoms with E-state index in [2.05, 4.69) is 4.72 Å². The number of benzene rings is 1. The van der Waals surface area contributed by atoms with Crippen molar-refractivity contribution in [1.82, 2.24) is 0 Å². The van der Waals surface area contributed by atoms with Crippen LogP contribution < -0.4 is 10.5 Å². The van der Waals surface area contributed by atoms with Gasteiger partial charge in [0.25, 0.3) is 10.0 Å². The minimum atomic E-state index is -3.69. The highest BCUT2D eigenvalue weighted by atomic mass is 35.5. The average molecular weight is 289 g/mol. The van der Waals surface area contributed by atoms with Gasteiger partial charge >= 0.3 is 0 Å². The van der Waals surface area contributed by atoms with Crippen molar-refractivity contribution < 1.29 is 8.42 Å². The van der Waals surface area contributed by atoms with E-state index >= 15 is 0 Å². The molecule has 0 fully saturated rings. The molecule has 7 heteroatoms. The lowest BCUT2D eigenvalue weighted by molar-refractivity contribution is 0.601. The van der Waals surface area contributed by atoms with Gasteiger partial charge < -0.3 is 5.73 Å². The lowest BCUT2D eigenvalue weighted by Crippen LogP contribution is -2.14. The lowest BCUT2D eigenvalue weighted by atomic mass is 10.3. The molecule has 3 N–H and O–H groups in total. The number of hydrogen-bond acceptors (Lipinski definition) is 4. The zero-order chi connectivity index (χ0) is 12.5. The lowest BCUT2D eigenvalue weighted by Gasteiger charge is -2.08. The second-order valence-electron chi connectivity index (χ2n) is 3.30. The van der Waals surface area contributed by atoms with Crippen LogP contribution in [0, 0.1) is 0 Å². The van der Waals surface area contributed by atoms with E-state index in [0.717, 1.165) is 0 Å². The van der Waals surface area contributed by atoms with Crippen molar-refractivity contribution in [2.75, 3.05) is 10.5 Å². The van der Waals surface area contributed by atoms with E-state index in [1.165, 1.54) is 23.5 Å². The first-order chi connectivity index (χ1) is 7.99. The van der Waals surface area contributed by atoms with Gasteiger partial charge in [0.2, 0.25) is 0 Å². The van der Waals surface area contributed by atoms with Crippen LogP contribution in [0.15, 0.2) is 39.9 Å². The van der Waals surface area contributed by atoms with Crippen molar-refractivity contribution in [3.05, 3.63) is 40.0 Å². The number of sulfonamides is 1. The molecule has 2 rings (SSSR count). The first-order valence-electron chi connectivity index (χ1n) is 4.59. The Morgan fingerprint density at radius 1 is 1.29 bits per heavy atom. The average Bonchev–Trinajstić information content (AvgIpc) is 2.73. The SMILES string of the molecule is Nc1ccc(Cl)cc1S(=O)(=O)Nc1ccsc1. The van der Waals surface area contributed by atoms with Gasteiger partial charge in [-0.05, 0) is 29.6 Å². The second kappa shape index (κ2) is 4.56. The van der Waals surface area contributed by atoms with Crippen LogP contribution in [-0.4, -0.2) is 8.42 Å². The standard InChI is InChI=1S/C10H9ClN2O2S2/c11-7-1-2-9(12)10(5-7)17(14,15)13-8-3-4-16-6-8/h1-6,13H,12H2. The largest absolute Gasteiger partial charge is 0.398 e. The quantitative estimate of drug-likeness (QED) is 0.853. The number of halogens is 1. The van der Waals surface area contributed by atoms with Gasteiger partial charge in [0, 0.05) is 10.4 Å². The predicted octanol–water partition coefficient (Wildman–Crippen LogP) is 2.78. The summed E-state index contributed by atoms with van der Waals surface area (Å²) in [6, 6.07) is 6.00. The molecule has 1 heterocycles. The van der Waals surface area contributed by atoms with E-state index in [9.17, 15) is 8.42 Å². The topological polar surface area (TPSA) is 72.2 Å². The molecule has 1 aromatic carbocycles. The molecule has 0 aliphatic rings. The van der Waals surface area contributed by atoms with Crippen molar-refractivity contribution in [2.45, 2.75) is 4.90 Å². The zero-order valence-corrected chi connectivity index (χ0v) is 10.9. The monoisotopic (exact) mass is 288 g/mol. The summed E-state index contributed by atoms with van der Waals surface area (Å²) in [5.74, 6) is 0. The highest BCUT2D eigenvalue weighted by Crippen LogP contribution is 2.25. The van der Waals surface area contributed by atoms with Crippen molar-refractivity contribution in [3.63, 3.8) is 0 Å². The Balaban J connectivity index is 2.41. The van der Waals surface area contributed by atoms with Gasteiger partial charge in [-0.25, -0.2) is 8.42 Å². The van der Waals surface area contributed by atoms with Crippen molar-refractivity contribution in [1.29, 1.82) is 0 Å². The maximum absolute atomic E-state index is 12.0. The minimum absolute atomic E-state index is 0.0174. The summed E-state index contributed by atoms with van der Waals surface area (Å²) in [7, 11) is -3.69. The van der Waals surface area contributed by atoms with E-state index in [1.807, 2.05) is 0 Å². The molecule has 90 valence electrons. The van der Waals surface area contributed by atoms with Gasteiger partial charge in [-0.2, -0.15) is 11.3 Å². The number of anilines is 2. The molecule has 0 aliphatic carbocycles. The molecule has 0 unspecified atom stereocenters. The predicted molar refractivity (Wildman–Crippen MR) is 71.0 cm³/mol. The molecule has 0 aliphatic heterocycles. The van der Waals surface area contributed by atoms with Gasteiger partial charge in [0.15, 0.2) is 0 Å². The molecule has 0 saturated carbocycles. The maximum Gasteiger partial charge on any atom is 0.264 e. The third-order valence-corrected chi connectivity index (χ3v) is 4.39. The number of nitrogen functional groups attached to an aromatic ring is 1. The fraction of sp³-hybridized carbons (Fsp3) is 0. The summed E-state index contributed by atoms with van der Waals surface area (Å²) in [6.45, 7) is 0. The summed E-state index contributed by atoms with van der Waals surface area (Å²) in [6.07, 6.45) is 0. The molecule has 2 aromatic rings. The minimum Gasteiger partial charge on any atom is -0.398 e. The molecule has 0 bridgehead atoms. The fourth-order valence-corrected chi connectivity index (χ4v) is 3.38. The molecule has 1 aromatic heterocycles. The number of rotatable bonds is 3. The Morgan fingerprint density at radius 2 is 2.06 bits per heavy atom. The summed E-state index contributed by atoms with van der Waals surface area (Å²) in [4.78, 5) is -0.0174. The number of hydrogen-bond donors (Lipinski definition) is 2. The van der Waals surface area contributed by atoms with Crippen LogP contribution in [-0.2, 0) is 10.0 Å². The zero-order valence-electron chi connectivity index (χ0n) is 8.55. The summed E-state index contributed by atoms with van der Waals surface area (Å²) in [5, 5.41) is 3.79. The molecular formula is C10H9ClN2O2S2. The molecule has 0 atom stereocenters. The summed E-state index contributed by atoms with van der Waals surface area (Å²) in [5.41, 5.74) is 6.30. The van der Waals surface area contributed by atoms with E-state index in [0.29, 0.717) is 10.7 Å². The van der Waals surface area contributed by atoms with E-state index in [1.54, 1.807) is 22.9 Å². The molecule has 0 spiro atoms. The number of nitrogens with one attached hydrogen (secondary N) is 1. The van der Waals surface area contributed by atoms with Gasteiger partial charge in [0.1, 0.15) is 4.90 Å². The van der Waals surface area contributed by atoms with Gasteiger partial charge in [-0.1, -0.05) is 11.6 Å². The Hall–Kier alpha value is -1.24.